The van der Waals surface area contributed by atoms with Crippen LogP contribution in [0.3, 0.4) is 0 Å². The van der Waals surface area contributed by atoms with E-state index in [2.05, 4.69) is 5.32 Å². The lowest BCUT2D eigenvalue weighted by atomic mass is 9.81. The van der Waals surface area contributed by atoms with E-state index in [0.717, 1.165) is 6.54 Å². The molecule has 1 fully saturated rings. The Morgan fingerprint density at radius 1 is 1.53 bits per heavy atom. The Bertz CT molecular complexity index is 238. The minimum atomic E-state index is -1.37. The largest absolute Gasteiger partial charge is 0.480 e. The van der Waals surface area contributed by atoms with Gasteiger partial charge in [-0.1, -0.05) is 0 Å². The van der Waals surface area contributed by atoms with Crippen molar-refractivity contribution in [2.24, 2.45) is 5.41 Å². The average Bonchev–Trinajstić information content (AvgIpc) is 2.19. The molecule has 1 rings (SSSR count). The molecule has 0 bridgehead atoms. The van der Waals surface area contributed by atoms with Crippen LogP contribution in [-0.4, -0.2) is 36.7 Å². The van der Waals surface area contributed by atoms with Crippen molar-refractivity contribution in [2.45, 2.75) is 19.8 Å². The molecule has 2 N–H and O–H groups in total. The van der Waals surface area contributed by atoms with Gasteiger partial charge in [-0.15, -0.1) is 12.4 Å². The van der Waals surface area contributed by atoms with Crippen LogP contribution in [-0.2, 0) is 14.3 Å². The lowest BCUT2D eigenvalue weighted by Crippen LogP contribution is -2.51. The Labute approximate surface area is 94.6 Å². The molecule has 0 radical (unpaired) electrons. The molecule has 0 aromatic heterocycles. The second kappa shape index (κ2) is 5.92. The summed E-state index contributed by atoms with van der Waals surface area (Å²) >= 11 is 0. The monoisotopic (exact) mass is 237 g/mol. The highest BCUT2D eigenvalue weighted by molar-refractivity contribution is 5.99. The first-order chi connectivity index (χ1) is 6.63. The fourth-order valence-corrected chi connectivity index (χ4v) is 1.62. The number of nitrogens with one attached hydrogen (secondary N) is 1. The van der Waals surface area contributed by atoms with Crippen LogP contribution in [0.2, 0.25) is 0 Å². The number of esters is 1. The molecule has 1 saturated heterocycles. The first-order valence-corrected chi connectivity index (χ1v) is 4.75. The Balaban J connectivity index is 0.00000196. The number of carbonyl (C=O) groups is 2. The molecule has 0 saturated carbocycles. The lowest BCUT2D eigenvalue weighted by molar-refractivity contribution is -0.169. The summed E-state index contributed by atoms with van der Waals surface area (Å²) in [6.45, 7) is 2.81. The fourth-order valence-electron chi connectivity index (χ4n) is 1.62. The third-order valence-electron chi connectivity index (χ3n) is 2.46. The van der Waals surface area contributed by atoms with Gasteiger partial charge in [-0.05, 0) is 26.3 Å². The van der Waals surface area contributed by atoms with Gasteiger partial charge in [0.1, 0.15) is 0 Å². The summed E-state index contributed by atoms with van der Waals surface area (Å²) in [5.41, 5.74) is -1.37. The molecule has 0 spiro atoms. The van der Waals surface area contributed by atoms with Crippen LogP contribution in [0.5, 0.6) is 0 Å². The molecule has 6 heteroatoms. The summed E-state index contributed by atoms with van der Waals surface area (Å²) in [7, 11) is 0. The topological polar surface area (TPSA) is 75.6 Å². The maximum Gasteiger partial charge on any atom is 0.324 e. The highest BCUT2D eigenvalue weighted by atomic mass is 35.5. The minimum absolute atomic E-state index is 0. The van der Waals surface area contributed by atoms with Gasteiger partial charge < -0.3 is 15.2 Å². The summed E-state index contributed by atoms with van der Waals surface area (Å²) < 4.78 is 4.79. The molecule has 0 aliphatic carbocycles. The Morgan fingerprint density at radius 3 is 2.60 bits per heavy atom. The van der Waals surface area contributed by atoms with Crippen molar-refractivity contribution in [2.75, 3.05) is 19.7 Å². The van der Waals surface area contributed by atoms with E-state index in [9.17, 15) is 9.59 Å². The van der Waals surface area contributed by atoms with Crippen LogP contribution >= 0.6 is 12.4 Å². The summed E-state index contributed by atoms with van der Waals surface area (Å²) in [5, 5.41) is 12.0. The van der Waals surface area contributed by atoms with Gasteiger partial charge in [-0.3, -0.25) is 9.59 Å². The fraction of sp³-hybridized carbons (Fsp3) is 0.778. The first-order valence-electron chi connectivity index (χ1n) is 4.75. The van der Waals surface area contributed by atoms with E-state index in [-0.39, 0.29) is 25.6 Å². The van der Waals surface area contributed by atoms with Gasteiger partial charge >= 0.3 is 11.9 Å². The minimum Gasteiger partial charge on any atom is -0.480 e. The third-order valence-corrected chi connectivity index (χ3v) is 2.46. The molecule has 0 aromatic rings. The average molecular weight is 238 g/mol. The smallest absolute Gasteiger partial charge is 0.324 e. The van der Waals surface area contributed by atoms with Crippen LogP contribution in [0, 0.1) is 5.41 Å². The first kappa shape index (κ1) is 14.2. The van der Waals surface area contributed by atoms with Gasteiger partial charge in [0.05, 0.1) is 6.61 Å². The zero-order valence-electron chi connectivity index (χ0n) is 8.62. The number of carbonyl (C=O) groups excluding carboxylic acids is 1. The van der Waals surface area contributed by atoms with Crippen molar-refractivity contribution in [3.63, 3.8) is 0 Å². The van der Waals surface area contributed by atoms with Gasteiger partial charge in [-0.2, -0.15) is 0 Å². The van der Waals surface area contributed by atoms with Crippen molar-refractivity contribution in [3.8, 4) is 0 Å². The van der Waals surface area contributed by atoms with Crippen molar-refractivity contribution >= 4 is 24.3 Å². The summed E-state index contributed by atoms with van der Waals surface area (Å²) in [4.78, 5) is 22.6. The number of piperidine rings is 1. The highest BCUT2D eigenvalue weighted by Crippen LogP contribution is 2.28. The van der Waals surface area contributed by atoms with Gasteiger partial charge in [-0.25, -0.2) is 0 Å². The van der Waals surface area contributed by atoms with E-state index in [1.807, 2.05) is 0 Å². The molecular formula is C9H16ClNO4. The quantitative estimate of drug-likeness (QED) is 0.550. The van der Waals surface area contributed by atoms with Crippen LogP contribution in [0.1, 0.15) is 19.8 Å². The molecule has 1 unspecified atom stereocenters. The maximum absolute atomic E-state index is 11.5. The summed E-state index contributed by atoms with van der Waals surface area (Å²) in [5.74, 6) is -1.72. The number of aliphatic carboxylic acids is 1. The zero-order valence-corrected chi connectivity index (χ0v) is 9.43. The maximum atomic E-state index is 11.5. The van der Waals surface area contributed by atoms with Gasteiger partial charge in [0.2, 0.25) is 0 Å². The third kappa shape index (κ3) is 2.82. The van der Waals surface area contributed by atoms with E-state index in [0.29, 0.717) is 12.8 Å². The van der Waals surface area contributed by atoms with E-state index in [4.69, 9.17) is 9.84 Å². The predicted molar refractivity (Wildman–Crippen MR) is 56.1 cm³/mol. The van der Waals surface area contributed by atoms with E-state index in [1.54, 1.807) is 6.92 Å². The van der Waals surface area contributed by atoms with E-state index < -0.39 is 17.4 Å². The van der Waals surface area contributed by atoms with E-state index >= 15 is 0 Å². The number of ether oxygens (including phenoxy) is 1. The normalized spacial score (nSPS) is 25.1. The number of hydrogen-bond acceptors (Lipinski definition) is 4. The SMILES string of the molecule is CCOC(=O)C1(C(=O)O)CCCNC1.Cl. The van der Waals surface area contributed by atoms with Crippen molar-refractivity contribution in [1.29, 1.82) is 0 Å². The Hall–Kier alpha value is -0.810. The molecule has 1 heterocycles. The molecular weight excluding hydrogens is 222 g/mol. The van der Waals surface area contributed by atoms with Crippen LogP contribution < -0.4 is 5.32 Å². The van der Waals surface area contributed by atoms with Gasteiger partial charge in [0.15, 0.2) is 5.41 Å². The molecule has 1 atom stereocenters. The molecule has 15 heavy (non-hydrogen) atoms. The van der Waals surface area contributed by atoms with Crippen molar-refractivity contribution in [1.82, 2.24) is 5.32 Å². The van der Waals surface area contributed by atoms with Crippen molar-refractivity contribution in [3.05, 3.63) is 0 Å². The zero-order chi connectivity index (χ0) is 10.6. The second-order valence-electron chi connectivity index (χ2n) is 3.39. The summed E-state index contributed by atoms with van der Waals surface area (Å²) in [6, 6.07) is 0. The van der Waals surface area contributed by atoms with Crippen LogP contribution in [0.4, 0.5) is 0 Å². The molecule has 1 aliphatic heterocycles. The number of rotatable bonds is 3. The standard InChI is InChI=1S/C9H15NO4.ClH/c1-2-14-8(13)9(7(11)12)4-3-5-10-6-9;/h10H,2-6H2,1H3,(H,11,12);1H. The molecule has 88 valence electrons. The van der Waals surface area contributed by atoms with Gasteiger partial charge in [0, 0.05) is 6.54 Å². The predicted octanol–water partition coefficient (Wildman–Crippen LogP) is 0.426. The Morgan fingerprint density at radius 2 is 2.20 bits per heavy atom. The lowest BCUT2D eigenvalue weighted by Gasteiger charge is -2.31. The molecule has 5 nitrogen and oxygen atoms in total. The second-order valence-corrected chi connectivity index (χ2v) is 3.39. The molecule has 0 amide bonds. The summed E-state index contributed by atoms with van der Waals surface area (Å²) in [6.07, 6.45) is 1.04. The highest BCUT2D eigenvalue weighted by Gasteiger charge is 2.48. The van der Waals surface area contributed by atoms with Crippen LogP contribution in [0.15, 0.2) is 0 Å². The van der Waals surface area contributed by atoms with Crippen molar-refractivity contribution < 1.29 is 19.4 Å². The number of hydrogen-bond donors (Lipinski definition) is 2. The molecule has 1 aliphatic rings. The van der Waals surface area contributed by atoms with Crippen LogP contribution in [0.25, 0.3) is 0 Å². The Kier molecular flexibility index (Phi) is 5.60. The number of halogens is 1. The molecule has 0 aromatic carbocycles. The number of carboxylic acid groups (broad SMARTS) is 1. The van der Waals surface area contributed by atoms with E-state index in [1.165, 1.54) is 0 Å². The van der Waals surface area contributed by atoms with Gasteiger partial charge in [0.25, 0.3) is 0 Å². The number of carboxylic acids is 1.